The van der Waals surface area contributed by atoms with E-state index in [9.17, 15) is 4.79 Å². The van der Waals surface area contributed by atoms with Crippen molar-refractivity contribution >= 4 is 39.3 Å². The number of anilines is 1. The SMILES string of the molecule is O=C(C1CSCN1)N1CCc2cc(Br)ccc21. The molecule has 1 unspecified atom stereocenters. The lowest BCUT2D eigenvalue weighted by atomic mass is 10.2. The van der Waals surface area contributed by atoms with Crippen molar-refractivity contribution in [2.24, 2.45) is 0 Å². The van der Waals surface area contributed by atoms with Crippen LogP contribution >= 0.6 is 27.7 Å². The van der Waals surface area contributed by atoms with Gasteiger partial charge in [-0.05, 0) is 30.2 Å². The van der Waals surface area contributed by atoms with Gasteiger partial charge < -0.3 is 4.90 Å². The van der Waals surface area contributed by atoms with Gasteiger partial charge in [0.1, 0.15) is 0 Å². The number of hydrogen-bond acceptors (Lipinski definition) is 3. The number of rotatable bonds is 1. The Bertz CT molecular complexity index is 460. The van der Waals surface area contributed by atoms with Crippen LogP contribution in [0.2, 0.25) is 0 Å². The molecule has 1 aromatic carbocycles. The third kappa shape index (κ3) is 2.11. The van der Waals surface area contributed by atoms with Gasteiger partial charge >= 0.3 is 0 Å². The Hall–Kier alpha value is -0.520. The molecule has 0 aliphatic carbocycles. The Balaban J connectivity index is 1.85. The van der Waals surface area contributed by atoms with E-state index in [2.05, 4.69) is 27.3 Å². The van der Waals surface area contributed by atoms with Crippen LogP contribution < -0.4 is 10.2 Å². The van der Waals surface area contributed by atoms with Crippen molar-refractivity contribution < 1.29 is 4.79 Å². The number of amides is 1. The van der Waals surface area contributed by atoms with Crippen molar-refractivity contribution in [1.82, 2.24) is 5.32 Å². The monoisotopic (exact) mass is 312 g/mol. The van der Waals surface area contributed by atoms with Crippen LogP contribution in [0.5, 0.6) is 0 Å². The van der Waals surface area contributed by atoms with E-state index < -0.39 is 0 Å². The van der Waals surface area contributed by atoms with Gasteiger partial charge in [-0.1, -0.05) is 15.9 Å². The van der Waals surface area contributed by atoms with Gasteiger partial charge in [0, 0.05) is 28.3 Å². The molecule has 0 aromatic heterocycles. The number of thioether (sulfide) groups is 1. The summed E-state index contributed by atoms with van der Waals surface area (Å²) in [4.78, 5) is 14.3. The molecule has 1 fully saturated rings. The van der Waals surface area contributed by atoms with Crippen molar-refractivity contribution in [3.05, 3.63) is 28.2 Å². The number of carbonyl (C=O) groups is 1. The molecule has 0 radical (unpaired) electrons. The van der Waals surface area contributed by atoms with E-state index in [0.29, 0.717) is 0 Å². The first kappa shape index (κ1) is 11.6. The first-order chi connectivity index (χ1) is 8.25. The molecule has 1 N–H and O–H groups in total. The molecular formula is C12H13BrN2OS. The lowest BCUT2D eigenvalue weighted by molar-refractivity contribution is -0.119. The van der Waals surface area contributed by atoms with Gasteiger partial charge in [-0.3, -0.25) is 10.1 Å². The molecule has 5 heteroatoms. The zero-order chi connectivity index (χ0) is 11.8. The zero-order valence-electron chi connectivity index (χ0n) is 9.28. The summed E-state index contributed by atoms with van der Waals surface area (Å²) in [6.45, 7) is 0.813. The molecule has 0 bridgehead atoms. The van der Waals surface area contributed by atoms with Crippen molar-refractivity contribution in [3.8, 4) is 0 Å². The fourth-order valence-corrected chi connectivity index (χ4v) is 3.68. The summed E-state index contributed by atoms with van der Waals surface area (Å²) < 4.78 is 1.08. The number of benzene rings is 1. The maximum Gasteiger partial charge on any atom is 0.245 e. The molecule has 90 valence electrons. The second-order valence-corrected chi connectivity index (χ2v) is 6.23. The highest BCUT2D eigenvalue weighted by molar-refractivity contribution is 9.10. The van der Waals surface area contributed by atoms with E-state index >= 15 is 0 Å². The second-order valence-electron chi connectivity index (χ2n) is 4.28. The number of fused-ring (bicyclic) bond motifs is 1. The molecule has 2 aliphatic rings. The van der Waals surface area contributed by atoms with Crippen LogP contribution in [0.15, 0.2) is 22.7 Å². The average Bonchev–Trinajstić information content (AvgIpc) is 2.96. The van der Waals surface area contributed by atoms with Gasteiger partial charge in [-0.25, -0.2) is 0 Å². The lowest BCUT2D eigenvalue weighted by Gasteiger charge is -2.21. The summed E-state index contributed by atoms with van der Waals surface area (Å²) in [7, 11) is 0. The van der Waals surface area contributed by atoms with Gasteiger partial charge in [-0.2, -0.15) is 0 Å². The Labute approximate surface area is 113 Å². The van der Waals surface area contributed by atoms with E-state index in [-0.39, 0.29) is 11.9 Å². The summed E-state index contributed by atoms with van der Waals surface area (Å²) in [6, 6.07) is 6.14. The summed E-state index contributed by atoms with van der Waals surface area (Å²) in [5, 5.41) is 3.24. The van der Waals surface area contributed by atoms with Crippen LogP contribution in [-0.2, 0) is 11.2 Å². The number of nitrogens with one attached hydrogen (secondary N) is 1. The van der Waals surface area contributed by atoms with Gasteiger partial charge in [0.05, 0.1) is 6.04 Å². The van der Waals surface area contributed by atoms with Crippen LogP contribution in [0, 0.1) is 0 Å². The van der Waals surface area contributed by atoms with Crippen LogP contribution in [0.25, 0.3) is 0 Å². The predicted octanol–water partition coefficient (Wildman–Crippen LogP) is 2.00. The first-order valence-electron chi connectivity index (χ1n) is 5.66. The summed E-state index contributed by atoms with van der Waals surface area (Å²) in [5.41, 5.74) is 2.34. The van der Waals surface area contributed by atoms with Crippen LogP contribution in [0.4, 0.5) is 5.69 Å². The minimum Gasteiger partial charge on any atom is -0.310 e. The van der Waals surface area contributed by atoms with Gasteiger partial charge in [0.15, 0.2) is 0 Å². The summed E-state index contributed by atoms with van der Waals surface area (Å²) in [6.07, 6.45) is 0.959. The third-order valence-corrected chi connectivity index (χ3v) is 4.65. The van der Waals surface area contributed by atoms with E-state index in [1.54, 1.807) is 11.8 Å². The van der Waals surface area contributed by atoms with Gasteiger partial charge in [0.2, 0.25) is 5.91 Å². The molecule has 1 aromatic rings. The van der Waals surface area contributed by atoms with Crippen LogP contribution in [0.3, 0.4) is 0 Å². The minimum absolute atomic E-state index is 0.00500. The fourth-order valence-electron chi connectivity index (χ4n) is 2.34. The minimum atomic E-state index is -0.00500. The van der Waals surface area contributed by atoms with Crippen LogP contribution in [-0.4, -0.2) is 30.1 Å². The van der Waals surface area contributed by atoms with Gasteiger partial charge in [0.25, 0.3) is 0 Å². The molecule has 0 spiro atoms. The standard InChI is InChI=1S/C12H13BrN2OS/c13-9-1-2-11-8(5-9)3-4-15(11)12(16)10-6-17-7-14-10/h1-2,5,10,14H,3-4,6-7H2. The molecule has 2 aliphatic heterocycles. The highest BCUT2D eigenvalue weighted by atomic mass is 79.9. The van der Waals surface area contributed by atoms with Crippen molar-refractivity contribution in [1.29, 1.82) is 0 Å². The van der Waals surface area contributed by atoms with E-state index in [1.165, 1.54) is 5.56 Å². The molecule has 1 amide bonds. The Morgan fingerprint density at radius 2 is 2.41 bits per heavy atom. The molecule has 3 rings (SSSR count). The maximum absolute atomic E-state index is 12.3. The summed E-state index contributed by atoms with van der Waals surface area (Å²) in [5.74, 6) is 2.00. The van der Waals surface area contributed by atoms with E-state index in [4.69, 9.17) is 0 Å². The van der Waals surface area contributed by atoms with Crippen molar-refractivity contribution in [2.45, 2.75) is 12.5 Å². The molecular weight excluding hydrogens is 300 g/mol. The predicted molar refractivity (Wildman–Crippen MR) is 74.4 cm³/mol. The van der Waals surface area contributed by atoms with E-state index in [0.717, 1.165) is 34.8 Å². The van der Waals surface area contributed by atoms with Crippen LogP contribution in [0.1, 0.15) is 5.56 Å². The van der Waals surface area contributed by atoms with Crippen molar-refractivity contribution in [3.63, 3.8) is 0 Å². The molecule has 0 saturated carbocycles. The average molecular weight is 313 g/mol. The number of halogens is 1. The van der Waals surface area contributed by atoms with Crippen molar-refractivity contribution in [2.75, 3.05) is 23.1 Å². The first-order valence-corrected chi connectivity index (χ1v) is 7.61. The quantitative estimate of drug-likeness (QED) is 0.861. The number of carbonyl (C=O) groups excluding carboxylic acids is 1. The molecule has 1 atom stereocenters. The largest absolute Gasteiger partial charge is 0.310 e. The van der Waals surface area contributed by atoms with Gasteiger partial charge in [-0.15, -0.1) is 11.8 Å². The number of hydrogen-bond donors (Lipinski definition) is 1. The normalized spacial score (nSPS) is 22.9. The highest BCUT2D eigenvalue weighted by Gasteiger charge is 2.31. The molecule has 1 saturated heterocycles. The smallest absolute Gasteiger partial charge is 0.245 e. The maximum atomic E-state index is 12.3. The second kappa shape index (κ2) is 4.63. The topological polar surface area (TPSA) is 32.3 Å². The molecule has 17 heavy (non-hydrogen) atoms. The highest BCUT2D eigenvalue weighted by Crippen LogP contribution is 2.31. The van der Waals surface area contributed by atoms with E-state index in [1.807, 2.05) is 17.0 Å². The fraction of sp³-hybridized carbons (Fsp3) is 0.417. The summed E-state index contributed by atoms with van der Waals surface area (Å²) >= 11 is 5.26. The lowest BCUT2D eigenvalue weighted by Crippen LogP contribution is -2.44. The zero-order valence-corrected chi connectivity index (χ0v) is 11.7. The molecule has 2 heterocycles. The Morgan fingerprint density at radius 1 is 1.53 bits per heavy atom. The number of nitrogens with zero attached hydrogens (tertiary/aromatic N) is 1. The Morgan fingerprint density at radius 3 is 3.18 bits per heavy atom. The Kier molecular flexibility index (Phi) is 3.15. The third-order valence-electron chi connectivity index (χ3n) is 3.22. The molecule has 3 nitrogen and oxygen atoms in total.